The number of likely N-dealkylation sites (N-methyl/N-ethyl adjacent to an activating group) is 1. The van der Waals surface area contributed by atoms with E-state index >= 15 is 0 Å². The maximum absolute atomic E-state index is 13.3. The highest BCUT2D eigenvalue weighted by atomic mass is 16.5. The normalized spacial score (nSPS) is 18.2. The van der Waals surface area contributed by atoms with Crippen LogP contribution in [0.5, 0.6) is 5.75 Å². The summed E-state index contributed by atoms with van der Waals surface area (Å²) >= 11 is 0. The SMILES string of the molecule is CCCOc1ccc(C2=C(N3CCN(C)CC3)C(=O)N(CCOC(C)C)C2=O)cc1. The van der Waals surface area contributed by atoms with Crippen LogP contribution in [0.1, 0.15) is 32.8 Å². The second-order valence-electron chi connectivity index (χ2n) is 8.07. The maximum Gasteiger partial charge on any atom is 0.277 e. The fourth-order valence-electron chi connectivity index (χ4n) is 3.67. The van der Waals surface area contributed by atoms with Crippen LogP contribution in [0.4, 0.5) is 0 Å². The van der Waals surface area contributed by atoms with E-state index in [1.165, 1.54) is 4.90 Å². The molecule has 0 atom stereocenters. The predicted octanol–water partition coefficient (Wildman–Crippen LogP) is 2.23. The van der Waals surface area contributed by atoms with Crippen LogP contribution >= 0.6 is 0 Å². The molecule has 0 saturated carbocycles. The molecule has 7 heteroatoms. The summed E-state index contributed by atoms with van der Waals surface area (Å²) < 4.78 is 11.2. The molecule has 0 radical (unpaired) electrons. The van der Waals surface area contributed by atoms with Crippen molar-refractivity contribution in [2.24, 2.45) is 0 Å². The maximum atomic E-state index is 13.3. The quantitative estimate of drug-likeness (QED) is 0.577. The van der Waals surface area contributed by atoms with Gasteiger partial charge in [0.05, 0.1) is 31.4 Å². The molecule has 2 heterocycles. The van der Waals surface area contributed by atoms with E-state index in [0.717, 1.165) is 43.9 Å². The molecular formula is C23H33N3O4. The topological polar surface area (TPSA) is 62.3 Å². The van der Waals surface area contributed by atoms with Crippen LogP contribution in [0.25, 0.3) is 5.57 Å². The molecule has 2 aliphatic heterocycles. The van der Waals surface area contributed by atoms with Gasteiger partial charge in [-0.3, -0.25) is 14.5 Å². The molecule has 1 aromatic carbocycles. The van der Waals surface area contributed by atoms with Crippen LogP contribution in [0.15, 0.2) is 30.0 Å². The Balaban J connectivity index is 1.88. The molecule has 1 saturated heterocycles. The molecule has 0 bridgehead atoms. The number of hydrogen-bond donors (Lipinski definition) is 0. The minimum atomic E-state index is -0.247. The number of piperazine rings is 1. The second-order valence-corrected chi connectivity index (χ2v) is 8.07. The lowest BCUT2D eigenvalue weighted by molar-refractivity contribution is -0.138. The average Bonchev–Trinajstić information content (AvgIpc) is 2.98. The van der Waals surface area contributed by atoms with Gasteiger partial charge in [-0.1, -0.05) is 19.1 Å². The number of benzene rings is 1. The Bertz CT molecular complexity index is 780. The zero-order chi connectivity index (χ0) is 21.7. The Labute approximate surface area is 179 Å². The summed E-state index contributed by atoms with van der Waals surface area (Å²) in [6.45, 7) is 10.3. The van der Waals surface area contributed by atoms with Crippen molar-refractivity contribution >= 4 is 17.4 Å². The van der Waals surface area contributed by atoms with Crippen LogP contribution < -0.4 is 4.74 Å². The highest BCUT2D eigenvalue weighted by Gasteiger charge is 2.41. The third kappa shape index (κ3) is 5.02. The summed E-state index contributed by atoms with van der Waals surface area (Å²) in [5.41, 5.74) is 1.74. The third-order valence-corrected chi connectivity index (χ3v) is 5.34. The van der Waals surface area contributed by atoms with E-state index in [9.17, 15) is 9.59 Å². The van der Waals surface area contributed by atoms with Gasteiger partial charge in [-0.15, -0.1) is 0 Å². The van der Waals surface area contributed by atoms with Crippen LogP contribution in [0, 0.1) is 0 Å². The van der Waals surface area contributed by atoms with Gasteiger partial charge in [0.1, 0.15) is 11.4 Å². The van der Waals surface area contributed by atoms with Crippen molar-refractivity contribution in [2.75, 3.05) is 53.0 Å². The van der Waals surface area contributed by atoms with Crippen LogP contribution in [0.3, 0.4) is 0 Å². The fourth-order valence-corrected chi connectivity index (χ4v) is 3.67. The van der Waals surface area contributed by atoms with Gasteiger partial charge in [0, 0.05) is 26.2 Å². The van der Waals surface area contributed by atoms with Gasteiger partial charge in [-0.05, 0) is 45.0 Å². The van der Waals surface area contributed by atoms with E-state index in [1.54, 1.807) is 0 Å². The van der Waals surface area contributed by atoms with Gasteiger partial charge in [0.2, 0.25) is 0 Å². The van der Waals surface area contributed by atoms with Crippen LogP contribution in [-0.4, -0.2) is 85.6 Å². The zero-order valence-corrected chi connectivity index (χ0v) is 18.5. The molecule has 2 amide bonds. The molecule has 1 fully saturated rings. The molecule has 7 nitrogen and oxygen atoms in total. The van der Waals surface area contributed by atoms with E-state index in [-0.39, 0.29) is 24.5 Å². The van der Waals surface area contributed by atoms with Gasteiger partial charge in [0.15, 0.2) is 0 Å². The standard InChI is InChI=1S/C23H33N3O4/c1-5-15-30-19-8-6-18(7-9-19)20-21(25-12-10-24(4)11-13-25)23(28)26(22(20)27)14-16-29-17(2)3/h6-9,17H,5,10-16H2,1-4H3. The molecule has 0 spiro atoms. The third-order valence-electron chi connectivity index (χ3n) is 5.34. The monoisotopic (exact) mass is 415 g/mol. The number of carbonyl (C=O) groups excluding carboxylic acids is 2. The Morgan fingerprint density at radius 3 is 2.23 bits per heavy atom. The number of ether oxygens (including phenoxy) is 2. The van der Waals surface area contributed by atoms with Crippen LogP contribution in [0.2, 0.25) is 0 Å². The predicted molar refractivity (Wildman–Crippen MR) is 116 cm³/mol. The molecule has 30 heavy (non-hydrogen) atoms. The first kappa shape index (κ1) is 22.3. The lowest BCUT2D eigenvalue weighted by Gasteiger charge is -2.34. The molecule has 0 aliphatic carbocycles. The molecule has 0 N–H and O–H groups in total. The molecule has 0 aromatic heterocycles. The molecule has 2 aliphatic rings. The first-order chi connectivity index (χ1) is 14.4. The first-order valence-corrected chi connectivity index (χ1v) is 10.8. The van der Waals surface area contributed by atoms with Crippen molar-refractivity contribution in [3.8, 4) is 5.75 Å². The molecule has 3 rings (SSSR count). The lowest BCUT2D eigenvalue weighted by Crippen LogP contribution is -2.46. The van der Waals surface area contributed by atoms with Crippen molar-refractivity contribution in [2.45, 2.75) is 33.3 Å². The zero-order valence-electron chi connectivity index (χ0n) is 18.5. The Morgan fingerprint density at radius 1 is 0.967 bits per heavy atom. The number of hydrogen-bond acceptors (Lipinski definition) is 6. The Kier molecular flexibility index (Phi) is 7.50. The van der Waals surface area contributed by atoms with Gasteiger partial charge >= 0.3 is 0 Å². The molecule has 164 valence electrons. The van der Waals surface area contributed by atoms with Gasteiger partial charge in [-0.25, -0.2) is 0 Å². The van der Waals surface area contributed by atoms with Crippen molar-refractivity contribution in [3.05, 3.63) is 35.5 Å². The largest absolute Gasteiger partial charge is 0.494 e. The smallest absolute Gasteiger partial charge is 0.277 e. The Morgan fingerprint density at radius 2 is 1.63 bits per heavy atom. The minimum absolute atomic E-state index is 0.0537. The fraction of sp³-hybridized carbons (Fsp3) is 0.565. The molecular weight excluding hydrogens is 382 g/mol. The van der Waals surface area contributed by atoms with Gasteiger partial charge < -0.3 is 19.3 Å². The molecule has 1 aromatic rings. The summed E-state index contributed by atoms with van der Waals surface area (Å²) in [5.74, 6) is 0.294. The van der Waals surface area contributed by atoms with E-state index in [0.29, 0.717) is 24.5 Å². The number of carbonyl (C=O) groups is 2. The van der Waals surface area contributed by atoms with Gasteiger partial charge in [0.25, 0.3) is 11.8 Å². The summed E-state index contributed by atoms with van der Waals surface area (Å²) in [6, 6.07) is 7.47. The highest BCUT2D eigenvalue weighted by Crippen LogP contribution is 2.33. The second kappa shape index (κ2) is 10.1. The highest BCUT2D eigenvalue weighted by molar-refractivity contribution is 6.35. The van der Waals surface area contributed by atoms with E-state index in [1.807, 2.05) is 38.1 Å². The van der Waals surface area contributed by atoms with E-state index in [2.05, 4.69) is 23.8 Å². The summed E-state index contributed by atoms with van der Waals surface area (Å²) in [7, 11) is 2.07. The van der Waals surface area contributed by atoms with Crippen molar-refractivity contribution < 1.29 is 19.1 Å². The van der Waals surface area contributed by atoms with Crippen molar-refractivity contribution in [1.29, 1.82) is 0 Å². The van der Waals surface area contributed by atoms with Crippen molar-refractivity contribution in [3.63, 3.8) is 0 Å². The number of imide groups is 1. The summed E-state index contributed by atoms with van der Waals surface area (Å²) in [4.78, 5) is 32.2. The number of amides is 2. The molecule has 0 unspecified atom stereocenters. The van der Waals surface area contributed by atoms with Crippen molar-refractivity contribution in [1.82, 2.24) is 14.7 Å². The van der Waals surface area contributed by atoms with Gasteiger partial charge in [-0.2, -0.15) is 0 Å². The van der Waals surface area contributed by atoms with Crippen LogP contribution in [-0.2, 0) is 14.3 Å². The number of rotatable bonds is 9. The minimum Gasteiger partial charge on any atom is -0.494 e. The average molecular weight is 416 g/mol. The lowest BCUT2D eigenvalue weighted by atomic mass is 10.0. The van der Waals surface area contributed by atoms with E-state index < -0.39 is 0 Å². The first-order valence-electron chi connectivity index (χ1n) is 10.8. The number of nitrogens with zero attached hydrogens (tertiary/aromatic N) is 3. The summed E-state index contributed by atoms with van der Waals surface area (Å²) in [6.07, 6.45) is 0.985. The van der Waals surface area contributed by atoms with E-state index in [4.69, 9.17) is 9.47 Å². The Hall–Kier alpha value is -2.38. The summed E-state index contributed by atoms with van der Waals surface area (Å²) in [5, 5.41) is 0.